The molecule has 0 aliphatic heterocycles. The Hall–Kier alpha value is -1.00. The van der Waals surface area contributed by atoms with E-state index in [2.05, 4.69) is 34.6 Å². The predicted molar refractivity (Wildman–Crippen MR) is 110 cm³/mol. The van der Waals surface area contributed by atoms with Crippen molar-refractivity contribution in [3.05, 3.63) is 17.5 Å². The molecule has 27 heavy (non-hydrogen) atoms. The van der Waals surface area contributed by atoms with Crippen molar-refractivity contribution in [1.29, 1.82) is 0 Å². The van der Waals surface area contributed by atoms with Gasteiger partial charge in [0.25, 0.3) is 0 Å². The molecule has 0 amide bonds. The number of rotatable bonds is 6. The van der Waals surface area contributed by atoms with Gasteiger partial charge in [-0.25, -0.2) is 0 Å². The van der Waals surface area contributed by atoms with Crippen LogP contribution < -0.4 is 10.6 Å². The van der Waals surface area contributed by atoms with Crippen molar-refractivity contribution in [3.8, 4) is 0 Å². The molecule has 1 aromatic rings. The van der Waals surface area contributed by atoms with Crippen LogP contribution in [-0.4, -0.2) is 30.4 Å². The van der Waals surface area contributed by atoms with Gasteiger partial charge in [0, 0.05) is 25.1 Å². The second-order valence-corrected chi connectivity index (χ2v) is 6.90. The van der Waals surface area contributed by atoms with Crippen molar-refractivity contribution < 1.29 is 17.7 Å². The lowest BCUT2D eigenvalue weighted by Gasteiger charge is -2.31. The highest BCUT2D eigenvalue weighted by Gasteiger charge is 2.42. The van der Waals surface area contributed by atoms with E-state index in [0.29, 0.717) is 37.0 Å². The molecule has 1 aliphatic rings. The fourth-order valence-electron chi connectivity index (χ4n) is 3.49. The standard InChI is InChI=1S/C18H29F3N4O.HI/c1-4-12(5-2)16-10-15(26-25-16)11-23-17(22-3)24-14-8-6-7-13(9-14)18(19,20)21;/h10,12-14H,4-9,11H2,1-3H3,(H2,22,23,24);1H. The van der Waals surface area contributed by atoms with Crippen molar-refractivity contribution in [2.75, 3.05) is 7.05 Å². The summed E-state index contributed by atoms with van der Waals surface area (Å²) in [6.45, 7) is 4.62. The summed E-state index contributed by atoms with van der Waals surface area (Å²) in [4.78, 5) is 4.11. The van der Waals surface area contributed by atoms with Crippen LogP contribution in [0.1, 0.15) is 69.7 Å². The first-order chi connectivity index (χ1) is 12.4. The minimum Gasteiger partial charge on any atom is -0.359 e. The monoisotopic (exact) mass is 502 g/mol. The van der Waals surface area contributed by atoms with Crippen molar-refractivity contribution >= 4 is 29.9 Å². The molecule has 0 aromatic carbocycles. The molecule has 0 bridgehead atoms. The number of alkyl halides is 3. The second kappa shape index (κ2) is 11.1. The number of hydrogen-bond acceptors (Lipinski definition) is 3. The number of halogens is 4. The lowest BCUT2D eigenvalue weighted by molar-refractivity contribution is -0.183. The topological polar surface area (TPSA) is 62.5 Å². The van der Waals surface area contributed by atoms with Crippen LogP contribution in [0, 0.1) is 5.92 Å². The van der Waals surface area contributed by atoms with Crippen LogP contribution in [-0.2, 0) is 6.54 Å². The number of nitrogens with one attached hydrogen (secondary N) is 2. The van der Waals surface area contributed by atoms with Gasteiger partial charge in [-0.3, -0.25) is 4.99 Å². The summed E-state index contributed by atoms with van der Waals surface area (Å²) >= 11 is 0. The Morgan fingerprint density at radius 2 is 2.04 bits per heavy atom. The average molecular weight is 502 g/mol. The molecular weight excluding hydrogens is 472 g/mol. The maximum Gasteiger partial charge on any atom is 0.391 e. The van der Waals surface area contributed by atoms with Gasteiger partial charge in [-0.2, -0.15) is 13.2 Å². The minimum absolute atomic E-state index is 0. The molecule has 1 aliphatic carbocycles. The Bertz CT molecular complexity index is 587. The molecule has 0 spiro atoms. The number of nitrogens with zero attached hydrogens (tertiary/aromatic N) is 2. The zero-order valence-corrected chi connectivity index (χ0v) is 18.4. The molecule has 1 fully saturated rings. The summed E-state index contributed by atoms with van der Waals surface area (Å²) in [5.74, 6) is 0.320. The second-order valence-electron chi connectivity index (χ2n) is 6.90. The molecule has 9 heteroatoms. The van der Waals surface area contributed by atoms with E-state index in [9.17, 15) is 13.2 Å². The van der Waals surface area contributed by atoms with Crippen molar-refractivity contribution in [2.24, 2.45) is 10.9 Å². The Morgan fingerprint density at radius 3 is 2.63 bits per heavy atom. The van der Waals surface area contributed by atoms with E-state index in [1.165, 1.54) is 0 Å². The maximum atomic E-state index is 12.9. The molecule has 1 saturated carbocycles. The highest BCUT2D eigenvalue weighted by Crippen LogP contribution is 2.37. The van der Waals surface area contributed by atoms with Gasteiger partial charge in [-0.05, 0) is 32.1 Å². The molecule has 5 nitrogen and oxygen atoms in total. The van der Waals surface area contributed by atoms with Crippen molar-refractivity contribution in [2.45, 2.75) is 77.1 Å². The van der Waals surface area contributed by atoms with E-state index < -0.39 is 12.1 Å². The van der Waals surface area contributed by atoms with Crippen LogP contribution in [0.15, 0.2) is 15.6 Å². The van der Waals surface area contributed by atoms with Gasteiger partial charge in [-0.15, -0.1) is 24.0 Å². The molecule has 0 radical (unpaired) electrons. The zero-order chi connectivity index (χ0) is 19.2. The molecule has 156 valence electrons. The smallest absolute Gasteiger partial charge is 0.359 e. The van der Waals surface area contributed by atoms with Crippen LogP contribution in [0.25, 0.3) is 0 Å². The molecule has 1 heterocycles. The Balaban J connectivity index is 0.00000364. The normalized spacial score (nSPS) is 21.1. The molecular formula is C18H30F3IN4O. The molecule has 2 unspecified atom stereocenters. The Labute approximate surface area is 176 Å². The van der Waals surface area contributed by atoms with E-state index in [1.54, 1.807) is 7.05 Å². The number of hydrogen-bond donors (Lipinski definition) is 2. The van der Waals surface area contributed by atoms with Gasteiger partial charge < -0.3 is 15.2 Å². The Kier molecular flexibility index (Phi) is 9.89. The van der Waals surface area contributed by atoms with Crippen LogP contribution in [0.5, 0.6) is 0 Å². The van der Waals surface area contributed by atoms with E-state index in [-0.39, 0.29) is 42.9 Å². The largest absolute Gasteiger partial charge is 0.391 e. The van der Waals surface area contributed by atoms with Gasteiger partial charge >= 0.3 is 6.18 Å². The summed E-state index contributed by atoms with van der Waals surface area (Å²) in [5.41, 5.74) is 0.940. The summed E-state index contributed by atoms with van der Waals surface area (Å²) in [6.07, 6.45) is -0.533. The fourth-order valence-corrected chi connectivity index (χ4v) is 3.49. The van der Waals surface area contributed by atoms with E-state index in [4.69, 9.17) is 4.52 Å². The fraction of sp³-hybridized carbons (Fsp3) is 0.778. The third-order valence-corrected chi connectivity index (χ3v) is 5.11. The highest BCUT2D eigenvalue weighted by molar-refractivity contribution is 14.0. The Morgan fingerprint density at radius 1 is 1.33 bits per heavy atom. The van der Waals surface area contributed by atoms with Crippen LogP contribution in [0.3, 0.4) is 0 Å². The maximum absolute atomic E-state index is 12.9. The zero-order valence-electron chi connectivity index (χ0n) is 16.1. The molecule has 2 rings (SSSR count). The first-order valence-corrected chi connectivity index (χ1v) is 9.36. The number of guanidine groups is 1. The molecule has 0 saturated heterocycles. The van der Waals surface area contributed by atoms with Gasteiger partial charge in [-0.1, -0.05) is 25.4 Å². The third kappa shape index (κ3) is 7.15. The SMILES string of the molecule is CCC(CC)c1cc(CNC(=NC)NC2CCCC(C(F)(F)F)C2)on1.I. The molecule has 2 N–H and O–H groups in total. The van der Waals surface area contributed by atoms with Gasteiger partial charge in [0.1, 0.15) is 0 Å². The van der Waals surface area contributed by atoms with E-state index >= 15 is 0 Å². The first kappa shape index (κ1) is 24.0. The van der Waals surface area contributed by atoms with Gasteiger partial charge in [0.2, 0.25) is 0 Å². The van der Waals surface area contributed by atoms with E-state index in [1.807, 2.05) is 6.07 Å². The third-order valence-electron chi connectivity index (χ3n) is 5.11. The summed E-state index contributed by atoms with van der Waals surface area (Å²) in [5, 5.41) is 10.3. The number of aliphatic imine (C=N–C) groups is 1. The van der Waals surface area contributed by atoms with Crippen molar-refractivity contribution in [3.63, 3.8) is 0 Å². The number of aromatic nitrogens is 1. The quantitative estimate of drug-likeness (QED) is 0.327. The predicted octanol–water partition coefficient (Wildman–Crippen LogP) is 4.98. The summed E-state index contributed by atoms with van der Waals surface area (Å²) < 4.78 is 44.2. The van der Waals surface area contributed by atoms with Crippen LogP contribution in [0.4, 0.5) is 13.2 Å². The summed E-state index contributed by atoms with van der Waals surface area (Å²) in [7, 11) is 1.61. The molecule has 1 aromatic heterocycles. The van der Waals surface area contributed by atoms with Crippen molar-refractivity contribution in [1.82, 2.24) is 15.8 Å². The van der Waals surface area contributed by atoms with E-state index in [0.717, 1.165) is 18.5 Å². The summed E-state index contributed by atoms with van der Waals surface area (Å²) in [6, 6.07) is 1.70. The van der Waals surface area contributed by atoms with Gasteiger partial charge in [0.15, 0.2) is 11.7 Å². The first-order valence-electron chi connectivity index (χ1n) is 9.36. The van der Waals surface area contributed by atoms with Crippen LogP contribution >= 0.6 is 24.0 Å². The van der Waals surface area contributed by atoms with Crippen LogP contribution in [0.2, 0.25) is 0 Å². The lowest BCUT2D eigenvalue weighted by Crippen LogP contribution is -2.46. The average Bonchev–Trinajstić information content (AvgIpc) is 3.08. The highest BCUT2D eigenvalue weighted by atomic mass is 127. The minimum atomic E-state index is -4.12. The lowest BCUT2D eigenvalue weighted by atomic mass is 9.85. The van der Waals surface area contributed by atoms with Gasteiger partial charge in [0.05, 0.1) is 18.2 Å². The molecule has 2 atom stereocenters.